The highest BCUT2D eigenvalue weighted by atomic mass is 35.5. The summed E-state index contributed by atoms with van der Waals surface area (Å²) in [5.41, 5.74) is 0. The summed E-state index contributed by atoms with van der Waals surface area (Å²) in [4.78, 5) is 13.7. The molecule has 110 valence electrons. The molecule has 0 radical (unpaired) electrons. The highest BCUT2D eigenvalue weighted by Crippen LogP contribution is 2.22. The predicted octanol–water partition coefficient (Wildman–Crippen LogP) is 2.48. The van der Waals surface area contributed by atoms with Crippen molar-refractivity contribution in [2.24, 2.45) is 0 Å². The molecular formula is C15H20ClNO3. The van der Waals surface area contributed by atoms with E-state index in [9.17, 15) is 9.90 Å². The van der Waals surface area contributed by atoms with Crippen molar-refractivity contribution in [3.05, 3.63) is 29.3 Å². The van der Waals surface area contributed by atoms with Gasteiger partial charge in [-0.15, -0.1) is 0 Å². The lowest BCUT2D eigenvalue weighted by molar-refractivity contribution is -0.137. The van der Waals surface area contributed by atoms with Crippen LogP contribution in [0.25, 0.3) is 0 Å². The molecule has 1 fully saturated rings. The van der Waals surface area contributed by atoms with E-state index in [2.05, 4.69) is 0 Å². The molecule has 20 heavy (non-hydrogen) atoms. The fourth-order valence-corrected chi connectivity index (χ4v) is 2.63. The number of benzene rings is 1. The van der Waals surface area contributed by atoms with Crippen molar-refractivity contribution in [2.45, 2.75) is 37.8 Å². The Bertz CT molecular complexity index is 449. The van der Waals surface area contributed by atoms with Crippen molar-refractivity contribution in [3.8, 4) is 5.75 Å². The molecule has 2 atom stereocenters. The maximum atomic E-state index is 12.1. The molecule has 1 aromatic carbocycles. The summed E-state index contributed by atoms with van der Waals surface area (Å²) in [6, 6.07) is 6.80. The van der Waals surface area contributed by atoms with Gasteiger partial charge in [-0.25, -0.2) is 0 Å². The average Bonchev–Trinajstić information content (AvgIpc) is 2.46. The van der Waals surface area contributed by atoms with E-state index < -0.39 is 6.10 Å². The van der Waals surface area contributed by atoms with E-state index in [0.29, 0.717) is 10.8 Å². The highest BCUT2D eigenvalue weighted by molar-refractivity contribution is 6.30. The predicted molar refractivity (Wildman–Crippen MR) is 78.0 cm³/mol. The van der Waals surface area contributed by atoms with Gasteiger partial charge in [-0.2, -0.15) is 0 Å². The van der Waals surface area contributed by atoms with Crippen LogP contribution in [-0.4, -0.2) is 41.7 Å². The maximum Gasteiger partial charge on any atom is 0.260 e. The van der Waals surface area contributed by atoms with Gasteiger partial charge in [-0.3, -0.25) is 4.79 Å². The van der Waals surface area contributed by atoms with E-state index in [4.69, 9.17) is 16.3 Å². The highest BCUT2D eigenvalue weighted by Gasteiger charge is 2.29. The summed E-state index contributed by atoms with van der Waals surface area (Å²) >= 11 is 5.78. The lowest BCUT2D eigenvalue weighted by atomic mass is 9.91. The Kier molecular flexibility index (Phi) is 5.26. The molecule has 1 saturated carbocycles. The van der Waals surface area contributed by atoms with Crippen LogP contribution in [0.2, 0.25) is 5.02 Å². The third-order valence-electron chi connectivity index (χ3n) is 3.76. The van der Waals surface area contributed by atoms with Crippen LogP contribution in [-0.2, 0) is 4.79 Å². The van der Waals surface area contributed by atoms with Crippen LogP contribution in [0, 0.1) is 0 Å². The van der Waals surface area contributed by atoms with Gasteiger partial charge in [0.1, 0.15) is 5.75 Å². The zero-order chi connectivity index (χ0) is 14.5. The second kappa shape index (κ2) is 6.95. The van der Waals surface area contributed by atoms with Gasteiger partial charge in [0.2, 0.25) is 0 Å². The normalized spacial score (nSPS) is 22.4. The summed E-state index contributed by atoms with van der Waals surface area (Å²) in [6.45, 7) is -0.0264. The van der Waals surface area contributed by atoms with Crippen LogP contribution in [0.1, 0.15) is 25.7 Å². The fraction of sp³-hybridized carbons (Fsp3) is 0.533. The molecule has 0 saturated heterocycles. The number of nitrogens with zero attached hydrogens (tertiary/aromatic N) is 1. The van der Waals surface area contributed by atoms with Gasteiger partial charge in [-0.05, 0) is 37.1 Å². The molecule has 1 N–H and O–H groups in total. The Balaban J connectivity index is 1.86. The lowest BCUT2D eigenvalue weighted by Crippen LogP contribution is -2.47. The molecule has 0 bridgehead atoms. The molecule has 2 unspecified atom stereocenters. The number of carbonyl (C=O) groups excluding carboxylic acids is 1. The van der Waals surface area contributed by atoms with E-state index in [0.717, 1.165) is 25.7 Å². The zero-order valence-corrected chi connectivity index (χ0v) is 12.3. The van der Waals surface area contributed by atoms with Crippen LogP contribution in [0.3, 0.4) is 0 Å². The Hall–Kier alpha value is -1.26. The minimum absolute atomic E-state index is 0.0264. The summed E-state index contributed by atoms with van der Waals surface area (Å²) in [5, 5.41) is 10.6. The number of ether oxygens (including phenoxy) is 1. The fourth-order valence-electron chi connectivity index (χ4n) is 2.51. The van der Waals surface area contributed by atoms with Gasteiger partial charge < -0.3 is 14.7 Å². The van der Waals surface area contributed by atoms with Crippen molar-refractivity contribution in [2.75, 3.05) is 13.7 Å². The molecule has 0 heterocycles. The first-order valence-electron chi connectivity index (χ1n) is 6.90. The van der Waals surface area contributed by atoms with Crippen LogP contribution in [0.4, 0.5) is 0 Å². The largest absolute Gasteiger partial charge is 0.484 e. The first-order valence-corrected chi connectivity index (χ1v) is 7.28. The van der Waals surface area contributed by atoms with Crippen LogP contribution < -0.4 is 4.74 Å². The number of hydrogen-bond donors (Lipinski definition) is 1. The van der Waals surface area contributed by atoms with Gasteiger partial charge in [0.25, 0.3) is 5.91 Å². The van der Waals surface area contributed by atoms with E-state index >= 15 is 0 Å². The molecule has 5 heteroatoms. The summed E-state index contributed by atoms with van der Waals surface area (Å²) in [7, 11) is 1.73. The van der Waals surface area contributed by atoms with Crippen molar-refractivity contribution in [1.29, 1.82) is 0 Å². The quantitative estimate of drug-likeness (QED) is 0.929. The number of halogens is 1. The van der Waals surface area contributed by atoms with Gasteiger partial charge >= 0.3 is 0 Å². The van der Waals surface area contributed by atoms with Crippen LogP contribution >= 0.6 is 11.6 Å². The SMILES string of the molecule is CN(C(=O)COc1ccc(Cl)cc1)C1CCCCC1O. The third-order valence-corrected chi connectivity index (χ3v) is 4.01. The minimum atomic E-state index is -0.423. The first-order chi connectivity index (χ1) is 9.58. The van der Waals surface area contributed by atoms with E-state index in [1.807, 2.05) is 0 Å². The van der Waals surface area contributed by atoms with Crippen molar-refractivity contribution < 1.29 is 14.6 Å². The zero-order valence-electron chi connectivity index (χ0n) is 11.6. The van der Waals surface area contributed by atoms with Crippen molar-refractivity contribution in [1.82, 2.24) is 4.90 Å². The molecule has 0 aliphatic heterocycles. The average molecular weight is 298 g/mol. The van der Waals surface area contributed by atoms with Gasteiger partial charge in [0.05, 0.1) is 12.1 Å². The number of amides is 1. The Morgan fingerprint density at radius 1 is 1.35 bits per heavy atom. The first kappa shape index (κ1) is 15.1. The maximum absolute atomic E-state index is 12.1. The van der Waals surface area contributed by atoms with Crippen LogP contribution in [0.5, 0.6) is 5.75 Å². The Morgan fingerprint density at radius 3 is 2.65 bits per heavy atom. The molecule has 4 nitrogen and oxygen atoms in total. The number of rotatable bonds is 4. The molecule has 0 aromatic heterocycles. The van der Waals surface area contributed by atoms with Gasteiger partial charge in [0, 0.05) is 12.1 Å². The molecule has 1 aliphatic rings. The summed E-state index contributed by atoms with van der Waals surface area (Å²) in [6.07, 6.45) is 3.27. The molecule has 2 rings (SSSR count). The van der Waals surface area contributed by atoms with Gasteiger partial charge in [0.15, 0.2) is 6.61 Å². The van der Waals surface area contributed by atoms with Crippen molar-refractivity contribution in [3.63, 3.8) is 0 Å². The van der Waals surface area contributed by atoms with E-state index in [1.54, 1.807) is 36.2 Å². The number of aliphatic hydroxyl groups excluding tert-OH is 1. The van der Waals surface area contributed by atoms with Gasteiger partial charge in [-0.1, -0.05) is 24.4 Å². The molecule has 1 amide bonds. The minimum Gasteiger partial charge on any atom is -0.484 e. The van der Waals surface area contributed by atoms with E-state index in [1.165, 1.54) is 0 Å². The number of likely N-dealkylation sites (N-methyl/N-ethyl adjacent to an activating group) is 1. The monoisotopic (exact) mass is 297 g/mol. The summed E-state index contributed by atoms with van der Waals surface area (Å²) in [5.74, 6) is 0.492. The molecule has 0 spiro atoms. The van der Waals surface area contributed by atoms with E-state index in [-0.39, 0.29) is 18.6 Å². The Labute approximate surface area is 124 Å². The Morgan fingerprint density at radius 2 is 2.00 bits per heavy atom. The second-order valence-electron chi connectivity index (χ2n) is 5.17. The summed E-state index contributed by atoms with van der Waals surface area (Å²) < 4.78 is 5.44. The molecule has 1 aromatic rings. The topological polar surface area (TPSA) is 49.8 Å². The third kappa shape index (κ3) is 3.87. The standard InChI is InChI=1S/C15H20ClNO3/c1-17(13-4-2-3-5-14(13)18)15(19)10-20-12-8-6-11(16)7-9-12/h6-9,13-14,18H,2-5,10H2,1H3. The van der Waals surface area contributed by atoms with Crippen molar-refractivity contribution >= 4 is 17.5 Å². The smallest absolute Gasteiger partial charge is 0.260 e. The molecule has 1 aliphatic carbocycles. The van der Waals surface area contributed by atoms with Crippen LogP contribution in [0.15, 0.2) is 24.3 Å². The second-order valence-corrected chi connectivity index (χ2v) is 5.60. The number of hydrogen-bond acceptors (Lipinski definition) is 3. The lowest BCUT2D eigenvalue weighted by Gasteiger charge is -2.35. The number of aliphatic hydroxyl groups is 1. The molecular weight excluding hydrogens is 278 g/mol. The number of carbonyl (C=O) groups is 1.